The molecule has 2 aromatic carbocycles. The van der Waals surface area contributed by atoms with Gasteiger partial charge in [-0.05, 0) is 48.4 Å². The summed E-state index contributed by atoms with van der Waals surface area (Å²) in [5.74, 6) is -0.522. The van der Waals surface area contributed by atoms with Gasteiger partial charge >= 0.3 is 5.69 Å². The number of fused-ring (bicyclic) bond motifs is 1. The molecule has 0 saturated heterocycles. The van der Waals surface area contributed by atoms with E-state index in [1.807, 2.05) is 24.3 Å². The van der Waals surface area contributed by atoms with Gasteiger partial charge in [0.2, 0.25) is 5.91 Å². The van der Waals surface area contributed by atoms with Gasteiger partial charge in [0, 0.05) is 49.9 Å². The van der Waals surface area contributed by atoms with Crippen LogP contribution >= 0.6 is 0 Å². The van der Waals surface area contributed by atoms with E-state index in [1.165, 1.54) is 37.0 Å². The number of hydrogen-bond donors (Lipinski definition) is 1. The Morgan fingerprint density at radius 2 is 1.72 bits per heavy atom. The van der Waals surface area contributed by atoms with Crippen LogP contribution in [0.3, 0.4) is 0 Å². The Morgan fingerprint density at radius 1 is 1.00 bits per heavy atom. The maximum Gasteiger partial charge on any atom is 0.330 e. The number of amides is 2. The van der Waals surface area contributed by atoms with Crippen LogP contribution in [0.2, 0.25) is 0 Å². The van der Waals surface area contributed by atoms with Crippen molar-refractivity contribution in [1.82, 2.24) is 9.13 Å². The van der Waals surface area contributed by atoms with Crippen molar-refractivity contribution < 1.29 is 9.59 Å². The molecule has 1 aromatic heterocycles. The van der Waals surface area contributed by atoms with Crippen molar-refractivity contribution in [1.29, 1.82) is 0 Å². The summed E-state index contributed by atoms with van der Waals surface area (Å²) in [5, 5.41) is 2.70. The minimum Gasteiger partial charge on any atom is -0.323 e. The van der Waals surface area contributed by atoms with Crippen LogP contribution in [-0.4, -0.2) is 27.5 Å². The summed E-state index contributed by atoms with van der Waals surface area (Å²) in [5.41, 5.74) is 2.44. The van der Waals surface area contributed by atoms with E-state index in [0.29, 0.717) is 17.8 Å². The predicted octanol–water partition coefficient (Wildman–Crippen LogP) is 1.94. The van der Waals surface area contributed by atoms with E-state index in [9.17, 15) is 19.2 Å². The molecule has 1 aliphatic rings. The maximum atomic E-state index is 12.9. The molecule has 0 radical (unpaired) electrons. The smallest absolute Gasteiger partial charge is 0.323 e. The number of nitrogens with zero attached hydrogens (tertiary/aromatic N) is 3. The van der Waals surface area contributed by atoms with Crippen molar-refractivity contribution in [2.45, 2.75) is 6.42 Å². The molecule has 162 valence electrons. The van der Waals surface area contributed by atoms with Gasteiger partial charge in [-0.3, -0.25) is 19.0 Å². The van der Waals surface area contributed by atoms with Gasteiger partial charge < -0.3 is 14.8 Å². The standard InChI is InChI=1S/C24H22N4O4/c1-26-15-18(22(30)27(2)24(26)32)9-12-21(29)25-19-10-7-17(8-11-19)23(31)28-14-13-16-5-3-4-6-20(16)28/h3-12,15H,13-14H2,1-2H3,(H,25,29)/b12-9+. The van der Waals surface area contributed by atoms with Crippen molar-refractivity contribution in [3.8, 4) is 0 Å². The quantitative estimate of drug-likeness (QED) is 0.640. The lowest BCUT2D eigenvalue weighted by Crippen LogP contribution is -2.37. The molecular formula is C24H22N4O4. The molecule has 0 atom stereocenters. The lowest BCUT2D eigenvalue weighted by atomic mass is 10.1. The van der Waals surface area contributed by atoms with Gasteiger partial charge in [0.15, 0.2) is 0 Å². The molecule has 2 amide bonds. The average molecular weight is 430 g/mol. The fraction of sp³-hybridized carbons (Fsp3) is 0.167. The van der Waals surface area contributed by atoms with Crippen LogP contribution in [0, 0.1) is 0 Å². The second-order valence-corrected chi connectivity index (χ2v) is 7.58. The van der Waals surface area contributed by atoms with Gasteiger partial charge in [-0.15, -0.1) is 0 Å². The zero-order valence-electron chi connectivity index (χ0n) is 17.7. The number of carbonyl (C=O) groups excluding carboxylic acids is 2. The molecule has 1 aliphatic heterocycles. The highest BCUT2D eigenvalue weighted by molar-refractivity contribution is 6.08. The summed E-state index contributed by atoms with van der Waals surface area (Å²) in [4.78, 5) is 50.8. The van der Waals surface area contributed by atoms with Crippen LogP contribution in [0.1, 0.15) is 21.5 Å². The van der Waals surface area contributed by atoms with E-state index in [1.54, 1.807) is 29.2 Å². The number of para-hydroxylation sites is 1. The van der Waals surface area contributed by atoms with Crippen LogP contribution in [-0.2, 0) is 25.3 Å². The van der Waals surface area contributed by atoms with E-state index in [0.717, 1.165) is 22.2 Å². The molecule has 0 saturated carbocycles. The van der Waals surface area contributed by atoms with E-state index >= 15 is 0 Å². The lowest BCUT2D eigenvalue weighted by Gasteiger charge is -2.17. The summed E-state index contributed by atoms with van der Waals surface area (Å²) in [6, 6.07) is 14.5. The zero-order chi connectivity index (χ0) is 22.8. The number of rotatable bonds is 4. The third-order valence-corrected chi connectivity index (χ3v) is 5.42. The van der Waals surface area contributed by atoms with Crippen molar-refractivity contribution in [3.05, 3.63) is 98.3 Å². The number of benzene rings is 2. The van der Waals surface area contributed by atoms with Crippen LogP contribution in [0.25, 0.3) is 6.08 Å². The van der Waals surface area contributed by atoms with Crippen molar-refractivity contribution in [2.75, 3.05) is 16.8 Å². The molecule has 0 bridgehead atoms. The Balaban J connectivity index is 1.44. The molecule has 0 fully saturated rings. The third kappa shape index (κ3) is 4.02. The summed E-state index contributed by atoms with van der Waals surface area (Å²) >= 11 is 0. The zero-order valence-corrected chi connectivity index (χ0v) is 17.7. The van der Waals surface area contributed by atoms with Crippen LogP contribution in [0.5, 0.6) is 0 Å². The first-order valence-electron chi connectivity index (χ1n) is 10.1. The first-order valence-corrected chi connectivity index (χ1v) is 10.1. The summed E-state index contributed by atoms with van der Waals surface area (Å²) in [6.45, 7) is 0.645. The van der Waals surface area contributed by atoms with Gasteiger partial charge in [-0.25, -0.2) is 4.79 Å². The highest BCUT2D eigenvalue weighted by Gasteiger charge is 2.24. The van der Waals surface area contributed by atoms with Gasteiger partial charge in [0.05, 0.1) is 5.56 Å². The monoisotopic (exact) mass is 430 g/mol. The Bertz CT molecular complexity index is 1350. The molecule has 0 unspecified atom stereocenters. The first-order chi connectivity index (χ1) is 15.3. The Kier molecular flexibility index (Phi) is 5.59. The summed E-state index contributed by atoms with van der Waals surface area (Å²) in [6.07, 6.45) is 4.80. The fourth-order valence-electron chi connectivity index (χ4n) is 3.70. The summed E-state index contributed by atoms with van der Waals surface area (Å²) < 4.78 is 2.25. The highest BCUT2D eigenvalue weighted by atomic mass is 16.2. The molecule has 3 aromatic rings. The van der Waals surface area contributed by atoms with Crippen molar-refractivity contribution >= 4 is 29.3 Å². The second-order valence-electron chi connectivity index (χ2n) is 7.58. The molecule has 1 N–H and O–H groups in total. The largest absolute Gasteiger partial charge is 0.330 e. The Morgan fingerprint density at radius 3 is 2.47 bits per heavy atom. The molecule has 0 aliphatic carbocycles. The molecule has 2 heterocycles. The topological polar surface area (TPSA) is 93.4 Å². The third-order valence-electron chi connectivity index (χ3n) is 5.42. The molecular weight excluding hydrogens is 408 g/mol. The Hall–Kier alpha value is -4.20. The highest BCUT2D eigenvalue weighted by Crippen LogP contribution is 2.29. The molecule has 0 spiro atoms. The lowest BCUT2D eigenvalue weighted by molar-refractivity contribution is -0.111. The van der Waals surface area contributed by atoms with E-state index in [2.05, 4.69) is 5.32 Å². The maximum absolute atomic E-state index is 12.9. The van der Waals surface area contributed by atoms with Crippen LogP contribution in [0.15, 0.2) is 70.4 Å². The minimum absolute atomic E-state index is 0.0849. The number of nitrogens with one attached hydrogen (secondary N) is 1. The number of aromatic nitrogens is 2. The van der Waals surface area contributed by atoms with E-state index < -0.39 is 17.2 Å². The normalized spacial score (nSPS) is 12.8. The minimum atomic E-state index is -0.483. The average Bonchev–Trinajstić information content (AvgIpc) is 3.23. The number of aryl methyl sites for hydroxylation is 1. The number of anilines is 2. The number of hydrogen-bond acceptors (Lipinski definition) is 4. The van der Waals surface area contributed by atoms with Gasteiger partial charge in [0.25, 0.3) is 11.5 Å². The Labute approximate surface area is 184 Å². The fourth-order valence-corrected chi connectivity index (χ4v) is 3.70. The molecule has 8 heteroatoms. The molecule has 4 rings (SSSR count). The van der Waals surface area contributed by atoms with E-state index in [4.69, 9.17) is 0 Å². The van der Waals surface area contributed by atoms with Crippen LogP contribution in [0.4, 0.5) is 11.4 Å². The van der Waals surface area contributed by atoms with E-state index in [-0.39, 0.29) is 11.5 Å². The summed E-state index contributed by atoms with van der Waals surface area (Å²) in [7, 11) is 2.91. The molecule has 8 nitrogen and oxygen atoms in total. The van der Waals surface area contributed by atoms with Gasteiger partial charge in [0.1, 0.15) is 0 Å². The molecule has 32 heavy (non-hydrogen) atoms. The SMILES string of the molecule is Cn1cc(/C=C/C(=O)Nc2ccc(C(=O)N3CCc4ccccc43)cc2)c(=O)n(C)c1=O. The second kappa shape index (κ2) is 8.50. The first kappa shape index (κ1) is 21.0. The van der Waals surface area contributed by atoms with Crippen molar-refractivity contribution in [2.24, 2.45) is 14.1 Å². The number of carbonyl (C=O) groups is 2. The predicted molar refractivity (Wildman–Crippen MR) is 123 cm³/mol. The van der Waals surface area contributed by atoms with Gasteiger partial charge in [-0.2, -0.15) is 0 Å². The van der Waals surface area contributed by atoms with Gasteiger partial charge in [-0.1, -0.05) is 18.2 Å². The van der Waals surface area contributed by atoms with Crippen LogP contribution < -0.4 is 21.5 Å². The van der Waals surface area contributed by atoms with Crippen molar-refractivity contribution in [3.63, 3.8) is 0 Å².